The summed E-state index contributed by atoms with van der Waals surface area (Å²) in [5.41, 5.74) is 3.90. The average Bonchev–Trinajstić information content (AvgIpc) is 2.19. The predicted molar refractivity (Wildman–Crippen MR) is 48.8 cm³/mol. The van der Waals surface area contributed by atoms with Crippen molar-refractivity contribution in [3.8, 4) is 0 Å². The van der Waals surface area contributed by atoms with Crippen molar-refractivity contribution >= 4 is 17.3 Å². The van der Waals surface area contributed by atoms with Crippen LogP contribution in [0.15, 0.2) is 12.1 Å². The Morgan fingerprint density at radius 1 is 1.60 bits per heavy atom. The molecule has 0 heterocycles. The summed E-state index contributed by atoms with van der Waals surface area (Å²) >= 11 is 0. The highest BCUT2D eigenvalue weighted by Crippen LogP contribution is 2.26. The number of anilines is 1. The Kier molecular flexibility index (Phi) is 2.84. The first-order valence-electron chi connectivity index (χ1n) is 3.79. The second-order valence-electron chi connectivity index (χ2n) is 2.63. The molecular weight excluding hydrogens is 207 g/mol. The van der Waals surface area contributed by atoms with Gasteiger partial charge in [-0.2, -0.15) is 0 Å². The minimum Gasteiger partial charge on any atom is -0.465 e. The molecule has 0 amide bonds. The zero-order valence-corrected chi connectivity index (χ0v) is 7.69. The number of hydrogen-bond donors (Lipinski definition) is 1. The SMILES string of the molecule is COC(=O)c1cc(F)cc([N+](=O)[O-])c1N. The third kappa shape index (κ3) is 2.01. The van der Waals surface area contributed by atoms with Gasteiger partial charge in [-0.1, -0.05) is 0 Å². The second kappa shape index (κ2) is 3.91. The van der Waals surface area contributed by atoms with Crippen molar-refractivity contribution in [1.82, 2.24) is 0 Å². The lowest BCUT2D eigenvalue weighted by molar-refractivity contribution is -0.384. The molecule has 0 unspecified atom stereocenters. The Hall–Kier alpha value is -2.18. The molecule has 1 aromatic rings. The maximum atomic E-state index is 12.9. The molecule has 2 N–H and O–H groups in total. The number of rotatable bonds is 2. The van der Waals surface area contributed by atoms with E-state index in [0.29, 0.717) is 6.07 Å². The molecule has 15 heavy (non-hydrogen) atoms. The summed E-state index contributed by atoms with van der Waals surface area (Å²) in [5.74, 6) is -1.84. The molecule has 6 nitrogen and oxygen atoms in total. The molecule has 0 bridgehead atoms. The molecule has 0 fully saturated rings. The van der Waals surface area contributed by atoms with Crippen LogP contribution in [0, 0.1) is 15.9 Å². The van der Waals surface area contributed by atoms with E-state index in [0.717, 1.165) is 13.2 Å². The lowest BCUT2D eigenvalue weighted by atomic mass is 10.1. The number of nitro groups is 1. The van der Waals surface area contributed by atoms with Crippen LogP contribution in [0.5, 0.6) is 0 Å². The normalized spacial score (nSPS) is 9.73. The number of nitrogens with zero attached hydrogens (tertiary/aromatic N) is 1. The number of ether oxygens (including phenoxy) is 1. The third-order valence-corrected chi connectivity index (χ3v) is 1.72. The van der Waals surface area contributed by atoms with Crippen LogP contribution in [0.3, 0.4) is 0 Å². The van der Waals surface area contributed by atoms with Gasteiger partial charge in [0.2, 0.25) is 0 Å². The predicted octanol–water partition coefficient (Wildman–Crippen LogP) is 1.10. The van der Waals surface area contributed by atoms with Gasteiger partial charge in [0.1, 0.15) is 11.5 Å². The van der Waals surface area contributed by atoms with E-state index in [2.05, 4.69) is 4.74 Å². The van der Waals surface area contributed by atoms with Gasteiger partial charge in [0.25, 0.3) is 5.69 Å². The Morgan fingerprint density at radius 3 is 2.67 bits per heavy atom. The number of benzene rings is 1. The quantitative estimate of drug-likeness (QED) is 0.344. The minimum atomic E-state index is -0.921. The van der Waals surface area contributed by atoms with Crippen LogP contribution < -0.4 is 5.73 Å². The van der Waals surface area contributed by atoms with Crippen LogP contribution in [0.25, 0.3) is 0 Å². The first kappa shape index (κ1) is 10.9. The van der Waals surface area contributed by atoms with Crippen molar-refractivity contribution in [3.63, 3.8) is 0 Å². The van der Waals surface area contributed by atoms with Crippen LogP contribution in [-0.2, 0) is 4.74 Å². The number of halogens is 1. The highest BCUT2D eigenvalue weighted by atomic mass is 19.1. The first-order chi connectivity index (χ1) is 6.97. The van der Waals surface area contributed by atoms with Gasteiger partial charge in [0.15, 0.2) is 0 Å². The number of nitrogen functional groups attached to an aromatic ring is 1. The van der Waals surface area contributed by atoms with Crippen LogP contribution in [0.2, 0.25) is 0 Å². The molecule has 0 aliphatic rings. The van der Waals surface area contributed by atoms with Crippen LogP contribution in [0.4, 0.5) is 15.8 Å². The van der Waals surface area contributed by atoms with E-state index in [1.807, 2.05) is 0 Å². The molecule has 7 heteroatoms. The monoisotopic (exact) mass is 214 g/mol. The van der Waals surface area contributed by atoms with Crippen molar-refractivity contribution in [1.29, 1.82) is 0 Å². The molecule has 0 aliphatic heterocycles. The topological polar surface area (TPSA) is 95.5 Å². The summed E-state index contributed by atoms with van der Waals surface area (Å²) in [7, 11) is 1.07. The van der Waals surface area contributed by atoms with Gasteiger partial charge >= 0.3 is 5.97 Å². The van der Waals surface area contributed by atoms with E-state index in [-0.39, 0.29) is 5.56 Å². The fourth-order valence-corrected chi connectivity index (χ4v) is 1.03. The van der Waals surface area contributed by atoms with Gasteiger partial charge in [-0.15, -0.1) is 0 Å². The number of nitrogens with two attached hydrogens (primary N) is 1. The van der Waals surface area contributed by atoms with Crippen LogP contribution in [0.1, 0.15) is 10.4 Å². The van der Waals surface area contributed by atoms with Gasteiger partial charge < -0.3 is 10.5 Å². The van der Waals surface area contributed by atoms with Crippen molar-refractivity contribution in [3.05, 3.63) is 33.6 Å². The summed E-state index contributed by atoms with van der Waals surface area (Å²) in [6.07, 6.45) is 0. The second-order valence-corrected chi connectivity index (χ2v) is 2.63. The molecule has 80 valence electrons. The maximum Gasteiger partial charge on any atom is 0.340 e. The first-order valence-corrected chi connectivity index (χ1v) is 3.79. The Labute approximate surface area is 83.6 Å². The van der Waals surface area contributed by atoms with Crippen molar-refractivity contribution < 1.29 is 18.8 Å². The highest BCUT2D eigenvalue weighted by molar-refractivity contribution is 5.97. The molecule has 1 rings (SSSR count). The Morgan fingerprint density at radius 2 is 2.20 bits per heavy atom. The van der Waals surface area contributed by atoms with Crippen molar-refractivity contribution in [2.75, 3.05) is 12.8 Å². The Balaban J connectivity index is 3.41. The molecule has 0 atom stereocenters. The van der Waals surface area contributed by atoms with E-state index in [4.69, 9.17) is 5.73 Å². The van der Waals surface area contributed by atoms with Crippen LogP contribution >= 0.6 is 0 Å². The number of esters is 1. The number of carbonyl (C=O) groups is 1. The molecule has 0 spiro atoms. The molecular formula is C8H7FN2O4. The van der Waals surface area contributed by atoms with Gasteiger partial charge in [-0.25, -0.2) is 9.18 Å². The highest BCUT2D eigenvalue weighted by Gasteiger charge is 2.21. The fourth-order valence-electron chi connectivity index (χ4n) is 1.03. The van der Waals surface area contributed by atoms with E-state index >= 15 is 0 Å². The zero-order valence-electron chi connectivity index (χ0n) is 7.69. The molecule has 0 saturated heterocycles. The summed E-state index contributed by atoms with van der Waals surface area (Å²) in [4.78, 5) is 20.6. The van der Waals surface area contributed by atoms with E-state index < -0.39 is 28.1 Å². The van der Waals surface area contributed by atoms with Gasteiger partial charge in [0.05, 0.1) is 23.7 Å². The summed E-state index contributed by atoms with van der Waals surface area (Å²) in [6, 6.07) is 1.43. The van der Waals surface area contributed by atoms with Crippen molar-refractivity contribution in [2.24, 2.45) is 0 Å². The third-order valence-electron chi connectivity index (χ3n) is 1.72. The Bertz CT molecular complexity index is 433. The van der Waals surface area contributed by atoms with Gasteiger partial charge in [0, 0.05) is 0 Å². The van der Waals surface area contributed by atoms with E-state index in [1.165, 1.54) is 0 Å². The molecule has 1 aromatic carbocycles. The largest absolute Gasteiger partial charge is 0.465 e. The number of hydrogen-bond acceptors (Lipinski definition) is 5. The summed E-state index contributed by atoms with van der Waals surface area (Å²) in [6.45, 7) is 0. The summed E-state index contributed by atoms with van der Waals surface area (Å²) in [5, 5.41) is 10.4. The fraction of sp³-hybridized carbons (Fsp3) is 0.125. The number of carbonyl (C=O) groups excluding carboxylic acids is 1. The van der Waals surface area contributed by atoms with Gasteiger partial charge in [-0.05, 0) is 6.07 Å². The van der Waals surface area contributed by atoms with Crippen LogP contribution in [-0.4, -0.2) is 18.0 Å². The number of nitro benzene ring substituents is 1. The molecule has 0 aliphatic carbocycles. The van der Waals surface area contributed by atoms with Gasteiger partial charge in [-0.3, -0.25) is 10.1 Å². The molecule has 0 radical (unpaired) electrons. The van der Waals surface area contributed by atoms with Crippen molar-refractivity contribution in [2.45, 2.75) is 0 Å². The van der Waals surface area contributed by atoms with E-state index in [9.17, 15) is 19.3 Å². The lowest BCUT2D eigenvalue weighted by Crippen LogP contribution is -2.08. The van der Waals surface area contributed by atoms with E-state index in [1.54, 1.807) is 0 Å². The minimum absolute atomic E-state index is 0.357. The molecule has 0 saturated carbocycles. The smallest absolute Gasteiger partial charge is 0.340 e. The average molecular weight is 214 g/mol. The summed E-state index contributed by atoms with van der Waals surface area (Å²) < 4.78 is 17.2. The standard InChI is InChI=1S/C8H7FN2O4/c1-15-8(12)5-2-4(9)3-6(7(5)10)11(13)14/h2-3H,10H2,1H3. The number of methoxy groups -OCH3 is 1. The maximum absolute atomic E-state index is 12.9. The zero-order chi connectivity index (χ0) is 11.6. The lowest BCUT2D eigenvalue weighted by Gasteiger charge is -2.04. The molecule has 0 aromatic heterocycles.